The number of hydrogen-bond acceptors (Lipinski definition) is 3. The summed E-state index contributed by atoms with van der Waals surface area (Å²) in [5.74, 6) is -1.88. The molecule has 2 bridgehead atoms. The third kappa shape index (κ3) is 2.21. The summed E-state index contributed by atoms with van der Waals surface area (Å²) >= 11 is 0. The van der Waals surface area contributed by atoms with Gasteiger partial charge in [0, 0.05) is 5.92 Å². The molecule has 2 fully saturated rings. The Kier molecular flexibility index (Phi) is 3.48. The Balaban J connectivity index is 1.87. The number of ether oxygens (including phenoxy) is 1. The molecule has 3 rings (SSSR count). The van der Waals surface area contributed by atoms with Crippen molar-refractivity contribution in [1.82, 2.24) is 0 Å². The number of aliphatic hydroxyl groups excluding tert-OH is 1. The van der Waals surface area contributed by atoms with Crippen molar-refractivity contribution in [1.29, 1.82) is 0 Å². The highest BCUT2D eigenvalue weighted by molar-refractivity contribution is 5.72. The predicted molar refractivity (Wildman–Crippen MR) is 68.5 cm³/mol. The van der Waals surface area contributed by atoms with Gasteiger partial charge in [-0.15, -0.1) is 0 Å². The van der Waals surface area contributed by atoms with Crippen LogP contribution in [0.25, 0.3) is 0 Å². The Labute approximate surface area is 116 Å². The van der Waals surface area contributed by atoms with Gasteiger partial charge in [-0.2, -0.15) is 0 Å². The molecule has 5 heteroatoms. The SMILES string of the molecule is O=C(O)[C@H]1C2CCC(O2)[C@@H]1Cc1cc(F)ccc1CO. The second kappa shape index (κ2) is 5.14. The molecule has 0 spiro atoms. The molecule has 20 heavy (non-hydrogen) atoms. The number of rotatable bonds is 4. The van der Waals surface area contributed by atoms with Gasteiger partial charge < -0.3 is 14.9 Å². The molecule has 1 aromatic carbocycles. The smallest absolute Gasteiger partial charge is 0.309 e. The van der Waals surface area contributed by atoms with Gasteiger partial charge in [0.05, 0.1) is 24.7 Å². The summed E-state index contributed by atoms with van der Waals surface area (Å²) in [4.78, 5) is 11.4. The van der Waals surface area contributed by atoms with Crippen molar-refractivity contribution >= 4 is 5.97 Å². The molecule has 4 atom stereocenters. The van der Waals surface area contributed by atoms with Crippen molar-refractivity contribution in [2.75, 3.05) is 0 Å². The number of carboxylic acids is 1. The maximum atomic E-state index is 13.4. The summed E-state index contributed by atoms with van der Waals surface area (Å²) in [5, 5.41) is 18.7. The van der Waals surface area contributed by atoms with Crippen molar-refractivity contribution in [2.24, 2.45) is 11.8 Å². The Morgan fingerprint density at radius 2 is 2.05 bits per heavy atom. The molecule has 2 aliphatic rings. The van der Waals surface area contributed by atoms with Crippen LogP contribution in [0, 0.1) is 17.7 Å². The summed E-state index contributed by atoms with van der Waals surface area (Å²) in [6.45, 7) is -0.172. The van der Waals surface area contributed by atoms with Gasteiger partial charge in [-0.25, -0.2) is 4.39 Å². The lowest BCUT2D eigenvalue weighted by molar-refractivity contribution is -0.144. The summed E-state index contributed by atoms with van der Waals surface area (Å²) in [5.41, 5.74) is 1.33. The number of carbonyl (C=O) groups is 1. The molecular weight excluding hydrogens is 263 g/mol. The first kappa shape index (κ1) is 13.5. The van der Waals surface area contributed by atoms with Crippen LogP contribution >= 0.6 is 0 Å². The van der Waals surface area contributed by atoms with Gasteiger partial charge in [0.1, 0.15) is 5.82 Å². The van der Waals surface area contributed by atoms with Gasteiger partial charge in [0.2, 0.25) is 0 Å². The van der Waals surface area contributed by atoms with Crippen molar-refractivity contribution in [3.05, 3.63) is 35.1 Å². The lowest BCUT2D eigenvalue weighted by Gasteiger charge is -2.25. The second-order valence-corrected chi connectivity index (χ2v) is 5.59. The van der Waals surface area contributed by atoms with E-state index < -0.39 is 11.9 Å². The van der Waals surface area contributed by atoms with E-state index in [1.54, 1.807) is 6.07 Å². The highest BCUT2D eigenvalue weighted by atomic mass is 19.1. The van der Waals surface area contributed by atoms with Crippen LogP contribution in [0.15, 0.2) is 18.2 Å². The van der Waals surface area contributed by atoms with Crippen LogP contribution in [-0.4, -0.2) is 28.4 Å². The lowest BCUT2D eigenvalue weighted by atomic mass is 9.75. The van der Waals surface area contributed by atoms with Crippen LogP contribution in [-0.2, 0) is 22.6 Å². The number of benzene rings is 1. The molecule has 0 radical (unpaired) electrons. The molecular formula is C15H17FO4. The van der Waals surface area contributed by atoms with Gasteiger partial charge >= 0.3 is 5.97 Å². The number of carboxylic acid groups (broad SMARTS) is 1. The number of aliphatic hydroxyl groups is 1. The molecule has 2 unspecified atom stereocenters. The molecule has 2 aliphatic heterocycles. The van der Waals surface area contributed by atoms with E-state index in [1.807, 2.05) is 0 Å². The van der Waals surface area contributed by atoms with Gasteiger partial charge in [-0.05, 0) is 42.5 Å². The van der Waals surface area contributed by atoms with E-state index >= 15 is 0 Å². The number of fused-ring (bicyclic) bond motifs is 2. The Morgan fingerprint density at radius 1 is 1.30 bits per heavy atom. The minimum absolute atomic E-state index is 0.0593. The third-order valence-electron chi connectivity index (χ3n) is 4.50. The topological polar surface area (TPSA) is 66.8 Å². The molecule has 2 heterocycles. The molecule has 1 aromatic rings. The van der Waals surface area contributed by atoms with Crippen LogP contribution in [0.2, 0.25) is 0 Å². The fourth-order valence-electron chi connectivity index (χ4n) is 3.57. The highest BCUT2D eigenvalue weighted by Crippen LogP contribution is 2.45. The van der Waals surface area contributed by atoms with E-state index in [0.29, 0.717) is 17.5 Å². The van der Waals surface area contributed by atoms with Crippen LogP contribution < -0.4 is 0 Å². The molecule has 4 nitrogen and oxygen atoms in total. The zero-order chi connectivity index (χ0) is 14.3. The first-order valence-corrected chi connectivity index (χ1v) is 6.86. The first-order chi connectivity index (χ1) is 9.60. The van der Waals surface area contributed by atoms with Crippen molar-refractivity contribution in [2.45, 2.75) is 38.1 Å². The van der Waals surface area contributed by atoms with E-state index in [-0.39, 0.29) is 30.5 Å². The van der Waals surface area contributed by atoms with E-state index in [1.165, 1.54) is 12.1 Å². The quantitative estimate of drug-likeness (QED) is 0.881. The fraction of sp³-hybridized carbons (Fsp3) is 0.533. The molecule has 2 N–H and O–H groups in total. The summed E-state index contributed by atoms with van der Waals surface area (Å²) < 4.78 is 19.1. The summed E-state index contributed by atoms with van der Waals surface area (Å²) in [6, 6.07) is 4.24. The molecule has 0 saturated carbocycles. The van der Waals surface area contributed by atoms with Gasteiger partial charge in [0.15, 0.2) is 0 Å². The molecule has 0 amide bonds. The Morgan fingerprint density at radius 3 is 2.75 bits per heavy atom. The van der Waals surface area contributed by atoms with Crippen LogP contribution in [0.1, 0.15) is 24.0 Å². The zero-order valence-electron chi connectivity index (χ0n) is 11.0. The van der Waals surface area contributed by atoms with E-state index in [4.69, 9.17) is 4.74 Å². The molecule has 2 saturated heterocycles. The van der Waals surface area contributed by atoms with Gasteiger partial charge in [-0.1, -0.05) is 6.07 Å². The Hall–Kier alpha value is -1.46. The van der Waals surface area contributed by atoms with Crippen LogP contribution in [0.5, 0.6) is 0 Å². The average molecular weight is 280 g/mol. The average Bonchev–Trinajstić information content (AvgIpc) is 2.99. The summed E-state index contributed by atoms with van der Waals surface area (Å²) in [7, 11) is 0. The number of hydrogen-bond donors (Lipinski definition) is 2. The van der Waals surface area contributed by atoms with Crippen molar-refractivity contribution in [3.63, 3.8) is 0 Å². The van der Waals surface area contributed by atoms with Crippen molar-refractivity contribution < 1.29 is 24.1 Å². The largest absolute Gasteiger partial charge is 0.481 e. The lowest BCUT2D eigenvalue weighted by Crippen LogP contribution is -2.34. The second-order valence-electron chi connectivity index (χ2n) is 5.59. The fourth-order valence-corrected chi connectivity index (χ4v) is 3.57. The van der Waals surface area contributed by atoms with Gasteiger partial charge in [0.25, 0.3) is 0 Å². The zero-order valence-corrected chi connectivity index (χ0v) is 11.0. The van der Waals surface area contributed by atoms with Crippen LogP contribution in [0.4, 0.5) is 4.39 Å². The Bertz CT molecular complexity index is 531. The van der Waals surface area contributed by atoms with E-state index in [9.17, 15) is 19.4 Å². The standard InChI is InChI=1S/C15H17FO4/c16-10-2-1-8(7-17)9(5-10)6-11-12-3-4-13(20-12)14(11)15(18)19/h1-2,5,11-14,17H,3-4,6-7H2,(H,18,19)/t11-,12?,13?,14+/m0/s1. The minimum atomic E-state index is -0.843. The molecule has 0 aromatic heterocycles. The molecule has 108 valence electrons. The highest BCUT2D eigenvalue weighted by Gasteiger charge is 2.52. The first-order valence-electron chi connectivity index (χ1n) is 6.86. The number of aliphatic carboxylic acids is 1. The van der Waals surface area contributed by atoms with Crippen LogP contribution in [0.3, 0.4) is 0 Å². The maximum Gasteiger partial charge on any atom is 0.309 e. The monoisotopic (exact) mass is 280 g/mol. The third-order valence-corrected chi connectivity index (χ3v) is 4.50. The normalized spacial score (nSPS) is 31.7. The molecule has 0 aliphatic carbocycles. The van der Waals surface area contributed by atoms with Crippen molar-refractivity contribution in [3.8, 4) is 0 Å². The van der Waals surface area contributed by atoms with Gasteiger partial charge in [-0.3, -0.25) is 4.79 Å². The number of halogens is 1. The summed E-state index contributed by atoms with van der Waals surface area (Å²) in [6.07, 6.45) is 1.81. The minimum Gasteiger partial charge on any atom is -0.481 e. The predicted octanol–water partition coefficient (Wildman–Crippen LogP) is 1.74. The van der Waals surface area contributed by atoms with E-state index in [0.717, 1.165) is 12.8 Å². The maximum absolute atomic E-state index is 13.4. The van der Waals surface area contributed by atoms with E-state index in [2.05, 4.69) is 0 Å².